The monoisotopic (exact) mass is 289 g/mol. The highest BCUT2D eigenvalue weighted by Crippen LogP contribution is 2.07. The molecule has 2 rings (SSSR count). The highest BCUT2D eigenvalue weighted by atomic mass is 35.5. The first-order chi connectivity index (χ1) is 9.16. The molecule has 0 aliphatic rings. The molecule has 0 saturated heterocycles. The summed E-state index contributed by atoms with van der Waals surface area (Å²) in [5.74, 6) is 0.135. The van der Waals surface area contributed by atoms with Crippen LogP contribution in [-0.4, -0.2) is 11.8 Å². The number of carbonyl (C=O) groups is 1. The number of rotatable bonds is 5. The molecule has 0 bridgehead atoms. The SMILES string of the molecule is Cc1ccc(C(=O)C(C)NCc2ccccc2)cc1.Cl. The van der Waals surface area contributed by atoms with Gasteiger partial charge in [-0.05, 0) is 19.4 Å². The summed E-state index contributed by atoms with van der Waals surface area (Å²) in [7, 11) is 0. The number of ketones is 1. The topological polar surface area (TPSA) is 29.1 Å². The quantitative estimate of drug-likeness (QED) is 0.849. The molecule has 106 valence electrons. The van der Waals surface area contributed by atoms with Crippen LogP contribution in [0.2, 0.25) is 0 Å². The van der Waals surface area contributed by atoms with E-state index in [-0.39, 0.29) is 24.2 Å². The fraction of sp³-hybridized carbons (Fsp3) is 0.235. The fourth-order valence-corrected chi connectivity index (χ4v) is 1.93. The largest absolute Gasteiger partial charge is 0.303 e. The van der Waals surface area contributed by atoms with Crippen molar-refractivity contribution in [3.05, 3.63) is 71.3 Å². The summed E-state index contributed by atoms with van der Waals surface area (Å²) in [6, 6.07) is 17.6. The van der Waals surface area contributed by atoms with Crippen LogP contribution in [0.1, 0.15) is 28.4 Å². The maximum Gasteiger partial charge on any atom is 0.179 e. The minimum Gasteiger partial charge on any atom is -0.303 e. The molecule has 0 fully saturated rings. The van der Waals surface area contributed by atoms with E-state index in [1.165, 1.54) is 11.1 Å². The summed E-state index contributed by atoms with van der Waals surface area (Å²) in [6.45, 7) is 4.63. The van der Waals surface area contributed by atoms with Gasteiger partial charge in [-0.25, -0.2) is 0 Å². The van der Waals surface area contributed by atoms with E-state index in [2.05, 4.69) is 17.4 Å². The van der Waals surface area contributed by atoms with Gasteiger partial charge in [0.1, 0.15) is 0 Å². The van der Waals surface area contributed by atoms with Crippen molar-refractivity contribution in [3.63, 3.8) is 0 Å². The number of benzene rings is 2. The zero-order valence-corrected chi connectivity index (χ0v) is 12.6. The van der Waals surface area contributed by atoms with Crippen molar-refractivity contribution < 1.29 is 4.79 Å². The van der Waals surface area contributed by atoms with E-state index in [0.29, 0.717) is 6.54 Å². The van der Waals surface area contributed by atoms with Crippen LogP contribution in [0, 0.1) is 6.92 Å². The number of Topliss-reactive ketones (excluding diaryl/α,β-unsaturated/α-hetero) is 1. The standard InChI is InChI=1S/C17H19NO.ClH/c1-13-8-10-16(11-9-13)17(19)14(2)18-12-15-6-4-3-5-7-15;/h3-11,14,18H,12H2,1-2H3;1H. The van der Waals surface area contributed by atoms with Crippen LogP contribution >= 0.6 is 12.4 Å². The number of halogens is 1. The molecule has 0 aliphatic carbocycles. The third-order valence-corrected chi connectivity index (χ3v) is 3.18. The molecule has 0 heterocycles. The molecule has 1 N–H and O–H groups in total. The summed E-state index contributed by atoms with van der Waals surface area (Å²) in [4.78, 5) is 12.2. The normalized spacial score (nSPS) is 11.5. The molecular formula is C17H20ClNO. The second kappa shape index (κ2) is 7.83. The molecular weight excluding hydrogens is 270 g/mol. The van der Waals surface area contributed by atoms with Crippen molar-refractivity contribution in [3.8, 4) is 0 Å². The summed E-state index contributed by atoms with van der Waals surface area (Å²) in [6.07, 6.45) is 0. The predicted octanol–water partition coefficient (Wildman–Crippen LogP) is 3.78. The van der Waals surface area contributed by atoms with E-state index < -0.39 is 0 Å². The molecule has 2 aromatic carbocycles. The Morgan fingerprint density at radius 2 is 1.65 bits per heavy atom. The van der Waals surface area contributed by atoms with E-state index in [1.807, 2.05) is 56.3 Å². The van der Waals surface area contributed by atoms with E-state index in [0.717, 1.165) is 5.56 Å². The van der Waals surface area contributed by atoms with Crippen LogP contribution in [0.3, 0.4) is 0 Å². The van der Waals surface area contributed by atoms with Gasteiger partial charge < -0.3 is 5.32 Å². The molecule has 0 spiro atoms. The maximum absolute atomic E-state index is 12.2. The van der Waals surface area contributed by atoms with Gasteiger partial charge in [-0.3, -0.25) is 4.79 Å². The minimum atomic E-state index is -0.178. The van der Waals surface area contributed by atoms with Crippen LogP contribution in [0.4, 0.5) is 0 Å². The van der Waals surface area contributed by atoms with E-state index >= 15 is 0 Å². The first-order valence-electron chi connectivity index (χ1n) is 6.55. The number of hydrogen-bond donors (Lipinski definition) is 1. The van der Waals surface area contributed by atoms with Crippen LogP contribution < -0.4 is 5.32 Å². The van der Waals surface area contributed by atoms with Crippen LogP contribution in [0.5, 0.6) is 0 Å². The zero-order valence-electron chi connectivity index (χ0n) is 11.8. The Kier molecular flexibility index (Phi) is 6.43. The second-order valence-corrected chi connectivity index (χ2v) is 4.82. The number of aryl methyl sites for hydroxylation is 1. The lowest BCUT2D eigenvalue weighted by molar-refractivity contribution is 0.0950. The van der Waals surface area contributed by atoms with Gasteiger partial charge in [-0.15, -0.1) is 12.4 Å². The van der Waals surface area contributed by atoms with E-state index in [9.17, 15) is 4.79 Å². The maximum atomic E-state index is 12.2. The molecule has 3 heteroatoms. The van der Waals surface area contributed by atoms with Gasteiger partial charge in [0.15, 0.2) is 5.78 Å². The van der Waals surface area contributed by atoms with Gasteiger partial charge in [-0.1, -0.05) is 60.2 Å². The molecule has 0 radical (unpaired) electrons. The fourth-order valence-electron chi connectivity index (χ4n) is 1.93. The Morgan fingerprint density at radius 3 is 2.25 bits per heavy atom. The Labute approximate surface area is 126 Å². The van der Waals surface area contributed by atoms with Crippen molar-refractivity contribution >= 4 is 18.2 Å². The summed E-state index contributed by atoms with van der Waals surface area (Å²) in [5, 5.41) is 3.26. The van der Waals surface area contributed by atoms with Crippen molar-refractivity contribution in [1.29, 1.82) is 0 Å². The Morgan fingerprint density at radius 1 is 1.05 bits per heavy atom. The number of carbonyl (C=O) groups excluding carboxylic acids is 1. The molecule has 2 nitrogen and oxygen atoms in total. The lowest BCUT2D eigenvalue weighted by atomic mass is 10.0. The lowest BCUT2D eigenvalue weighted by Gasteiger charge is -2.13. The highest BCUT2D eigenvalue weighted by Gasteiger charge is 2.14. The van der Waals surface area contributed by atoms with Gasteiger partial charge in [0.2, 0.25) is 0 Å². The average molecular weight is 290 g/mol. The summed E-state index contributed by atoms with van der Waals surface area (Å²) >= 11 is 0. The smallest absolute Gasteiger partial charge is 0.179 e. The van der Waals surface area contributed by atoms with E-state index in [1.54, 1.807) is 0 Å². The average Bonchev–Trinajstić information content (AvgIpc) is 2.46. The second-order valence-electron chi connectivity index (χ2n) is 4.82. The minimum absolute atomic E-state index is 0. The zero-order chi connectivity index (χ0) is 13.7. The van der Waals surface area contributed by atoms with Crippen molar-refractivity contribution in [2.75, 3.05) is 0 Å². The molecule has 1 unspecified atom stereocenters. The number of hydrogen-bond acceptors (Lipinski definition) is 2. The van der Waals surface area contributed by atoms with Gasteiger partial charge in [-0.2, -0.15) is 0 Å². The lowest BCUT2D eigenvalue weighted by Crippen LogP contribution is -2.33. The van der Waals surface area contributed by atoms with Gasteiger partial charge in [0.25, 0.3) is 0 Å². The van der Waals surface area contributed by atoms with Crippen molar-refractivity contribution in [2.45, 2.75) is 26.4 Å². The first-order valence-corrected chi connectivity index (χ1v) is 6.55. The number of nitrogens with one attached hydrogen (secondary N) is 1. The highest BCUT2D eigenvalue weighted by molar-refractivity contribution is 5.99. The predicted molar refractivity (Wildman–Crippen MR) is 85.5 cm³/mol. The Bertz CT molecular complexity index is 537. The van der Waals surface area contributed by atoms with Gasteiger partial charge in [0.05, 0.1) is 6.04 Å². The summed E-state index contributed by atoms with van der Waals surface area (Å²) in [5.41, 5.74) is 3.12. The van der Waals surface area contributed by atoms with Crippen LogP contribution in [-0.2, 0) is 6.54 Å². The third kappa shape index (κ3) is 4.48. The van der Waals surface area contributed by atoms with Crippen LogP contribution in [0.25, 0.3) is 0 Å². The molecule has 0 aromatic heterocycles. The van der Waals surface area contributed by atoms with E-state index in [4.69, 9.17) is 0 Å². The van der Waals surface area contributed by atoms with Gasteiger partial charge in [0, 0.05) is 12.1 Å². The molecule has 0 aliphatic heterocycles. The summed E-state index contributed by atoms with van der Waals surface area (Å²) < 4.78 is 0. The Balaban J connectivity index is 0.00000200. The molecule has 0 saturated carbocycles. The third-order valence-electron chi connectivity index (χ3n) is 3.18. The molecule has 0 amide bonds. The van der Waals surface area contributed by atoms with Crippen LogP contribution in [0.15, 0.2) is 54.6 Å². The van der Waals surface area contributed by atoms with Crippen molar-refractivity contribution in [1.82, 2.24) is 5.32 Å². The first kappa shape index (κ1) is 16.4. The Hall–Kier alpha value is -1.64. The van der Waals surface area contributed by atoms with Crippen molar-refractivity contribution in [2.24, 2.45) is 0 Å². The molecule has 1 atom stereocenters. The molecule has 20 heavy (non-hydrogen) atoms. The van der Waals surface area contributed by atoms with Gasteiger partial charge >= 0.3 is 0 Å². The molecule has 2 aromatic rings.